The number of aryl methyl sites for hydroxylation is 2. The Labute approximate surface area is 126 Å². The van der Waals surface area contributed by atoms with Gasteiger partial charge >= 0.3 is 6.03 Å². The summed E-state index contributed by atoms with van der Waals surface area (Å²) in [5.74, 6) is 0.926. The number of hydrogen-bond donors (Lipinski definition) is 2. The molecule has 2 N–H and O–H groups in total. The van der Waals surface area contributed by atoms with Crippen LogP contribution >= 0.6 is 0 Å². The van der Waals surface area contributed by atoms with E-state index in [0.29, 0.717) is 13.2 Å². The lowest BCUT2D eigenvalue weighted by Crippen LogP contribution is -2.44. The van der Waals surface area contributed by atoms with Crippen LogP contribution in [0.3, 0.4) is 0 Å². The molecule has 0 aliphatic rings. The molecule has 1 aromatic rings. The number of nitrogens with one attached hydrogen (secondary N) is 1. The van der Waals surface area contributed by atoms with Crippen molar-refractivity contribution in [3.63, 3.8) is 0 Å². The minimum Gasteiger partial charge on any atom is -0.493 e. The van der Waals surface area contributed by atoms with E-state index in [1.54, 1.807) is 14.0 Å². The van der Waals surface area contributed by atoms with Gasteiger partial charge in [0.05, 0.1) is 19.3 Å². The zero-order valence-corrected chi connectivity index (χ0v) is 13.3. The third-order valence-electron chi connectivity index (χ3n) is 3.50. The zero-order valence-electron chi connectivity index (χ0n) is 13.3. The fraction of sp³-hybridized carbons (Fsp3) is 0.562. The van der Waals surface area contributed by atoms with Gasteiger partial charge in [0.2, 0.25) is 0 Å². The molecular weight excluding hydrogens is 268 g/mol. The maximum absolute atomic E-state index is 11.7. The predicted molar refractivity (Wildman–Crippen MR) is 83.7 cm³/mol. The van der Waals surface area contributed by atoms with Crippen molar-refractivity contribution in [1.29, 1.82) is 0 Å². The lowest BCUT2D eigenvalue weighted by atomic mass is 10.1. The number of aliphatic hydroxyl groups is 1. The number of carbonyl (C=O) groups is 1. The largest absolute Gasteiger partial charge is 0.493 e. The summed E-state index contributed by atoms with van der Waals surface area (Å²) in [6, 6.07) is 5.69. The van der Waals surface area contributed by atoms with Gasteiger partial charge in [0.1, 0.15) is 5.75 Å². The van der Waals surface area contributed by atoms with E-state index in [2.05, 4.69) is 5.32 Å². The molecule has 1 unspecified atom stereocenters. The number of carbonyl (C=O) groups excluding carboxylic acids is 1. The van der Waals surface area contributed by atoms with Gasteiger partial charge < -0.3 is 20.1 Å². The molecule has 118 valence electrons. The monoisotopic (exact) mass is 294 g/mol. The normalized spacial score (nSPS) is 11.9. The van der Waals surface area contributed by atoms with Crippen molar-refractivity contribution in [1.82, 2.24) is 10.2 Å². The highest BCUT2D eigenvalue weighted by Gasteiger charge is 2.13. The van der Waals surface area contributed by atoms with Crippen molar-refractivity contribution < 1.29 is 14.6 Å². The summed E-state index contributed by atoms with van der Waals surface area (Å²) in [7, 11) is 1.67. The molecule has 0 fully saturated rings. The lowest BCUT2D eigenvalue weighted by Gasteiger charge is -2.23. The average Bonchev–Trinajstić information content (AvgIpc) is 2.47. The van der Waals surface area contributed by atoms with Crippen molar-refractivity contribution >= 4 is 6.03 Å². The summed E-state index contributed by atoms with van der Waals surface area (Å²) >= 11 is 0. The molecule has 5 heteroatoms. The summed E-state index contributed by atoms with van der Waals surface area (Å²) in [5, 5.41) is 11.8. The van der Waals surface area contributed by atoms with E-state index in [1.165, 1.54) is 4.90 Å². The van der Waals surface area contributed by atoms with Crippen LogP contribution in [0.5, 0.6) is 5.75 Å². The van der Waals surface area contributed by atoms with Gasteiger partial charge in [-0.25, -0.2) is 4.79 Å². The van der Waals surface area contributed by atoms with E-state index in [4.69, 9.17) is 9.84 Å². The molecule has 5 nitrogen and oxygen atoms in total. The Morgan fingerprint density at radius 3 is 2.57 bits per heavy atom. The molecule has 0 aliphatic carbocycles. The van der Waals surface area contributed by atoms with Crippen LogP contribution in [0.25, 0.3) is 0 Å². The summed E-state index contributed by atoms with van der Waals surface area (Å²) in [6.07, 6.45) is 0.737. The van der Waals surface area contributed by atoms with Crippen LogP contribution in [0.15, 0.2) is 18.2 Å². The van der Waals surface area contributed by atoms with Crippen molar-refractivity contribution in [2.75, 3.05) is 26.8 Å². The van der Waals surface area contributed by atoms with E-state index >= 15 is 0 Å². The topological polar surface area (TPSA) is 61.8 Å². The van der Waals surface area contributed by atoms with Crippen LogP contribution in [-0.4, -0.2) is 48.9 Å². The molecule has 0 aliphatic heterocycles. The van der Waals surface area contributed by atoms with Crippen molar-refractivity contribution in [3.8, 4) is 5.75 Å². The molecule has 0 saturated heterocycles. The lowest BCUT2D eigenvalue weighted by molar-refractivity contribution is 0.157. The van der Waals surface area contributed by atoms with Crippen LogP contribution in [0.4, 0.5) is 4.79 Å². The first-order chi connectivity index (χ1) is 9.97. The predicted octanol–water partition coefficient (Wildman–Crippen LogP) is 2.09. The molecular formula is C16H26N2O3. The molecule has 0 bridgehead atoms. The Hall–Kier alpha value is -1.75. The molecule has 21 heavy (non-hydrogen) atoms. The molecule has 0 saturated carbocycles. The van der Waals surface area contributed by atoms with Crippen LogP contribution in [0.1, 0.15) is 24.5 Å². The first-order valence-corrected chi connectivity index (χ1v) is 7.28. The number of aliphatic hydroxyl groups excluding tert-OH is 1. The van der Waals surface area contributed by atoms with Gasteiger partial charge in [-0.15, -0.1) is 0 Å². The number of benzene rings is 1. The van der Waals surface area contributed by atoms with Gasteiger partial charge in [-0.3, -0.25) is 0 Å². The number of urea groups is 1. The van der Waals surface area contributed by atoms with Crippen molar-refractivity contribution in [3.05, 3.63) is 29.3 Å². The molecule has 0 heterocycles. The molecule has 0 spiro atoms. The number of hydrogen-bond acceptors (Lipinski definition) is 3. The number of amides is 2. The van der Waals surface area contributed by atoms with Crippen LogP contribution < -0.4 is 10.1 Å². The van der Waals surface area contributed by atoms with Crippen LogP contribution in [0.2, 0.25) is 0 Å². The van der Waals surface area contributed by atoms with Gasteiger partial charge in [-0.1, -0.05) is 18.2 Å². The third-order valence-corrected chi connectivity index (χ3v) is 3.50. The van der Waals surface area contributed by atoms with Gasteiger partial charge in [-0.2, -0.15) is 0 Å². The number of ether oxygens (including phenoxy) is 1. The molecule has 1 atom stereocenters. The minimum absolute atomic E-state index is 0.0421. The number of nitrogens with zero attached hydrogens (tertiary/aromatic N) is 1. The average molecular weight is 294 g/mol. The van der Waals surface area contributed by atoms with Gasteiger partial charge in [0.25, 0.3) is 0 Å². The van der Waals surface area contributed by atoms with Crippen molar-refractivity contribution in [2.45, 2.75) is 33.2 Å². The Bertz CT molecular complexity index is 443. The van der Waals surface area contributed by atoms with Crippen molar-refractivity contribution in [2.24, 2.45) is 0 Å². The van der Waals surface area contributed by atoms with Crippen LogP contribution in [0, 0.1) is 13.8 Å². The maximum atomic E-state index is 11.7. The number of para-hydroxylation sites is 1. The first-order valence-electron chi connectivity index (χ1n) is 7.28. The highest BCUT2D eigenvalue weighted by molar-refractivity contribution is 5.74. The van der Waals surface area contributed by atoms with Gasteiger partial charge in [-0.05, 0) is 38.3 Å². The highest BCUT2D eigenvalue weighted by atomic mass is 16.5. The summed E-state index contributed by atoms with van der Waals surface area (Å²) in [5.41, 5.74) is 2.24. The fourth-order valence-electron chi connectivity index (χ4n) is 1.92. The molecule has 2 amide bonds. The van der Waals surface area contributed by atoms with Crippen LogP contribution in [-0.2, 0) is 0 Å². The second-order valence-corrected chi connectivity index (χ2v) is 5.30. The second-order valence-electron chi connectivity index (χ2n) is 5.30. The Balaban J connectivity index is 2.28. The Morgan fingerprint density at radius 1 is 1.38 bits per heavy atom. The fourth-order valence-corrected chi connectivity index (χ4v) is 1.92. The first kappa shape index (κ1) is 17.3. The minimum atomic E-state index is -0.184. The molecule has 0 aromatic heterocycles. The highest BCUT2D eigenvalue weighted by Crippen LogP contribution is 2.22. The Morgan fingerprint density at radius 2 is 2.00 bits per heavy atom. The third kappa shape index (κ3) is 5.27. The van der Waals surface area contributed by atoms with Gasteiger partial charge in [0.15, 0.2) is 0 Å². The maximum Gasteiger partial charge on any atom is 0.317 e. The quantitative estimate of drug-likeness (QED) is 0.757. The SMILES string of the molecule is Cc1cccc(C)c1OCCCNC(=O)N(C)C(C)CO. The van der Waals surface area contributed by atoms with E-state index in [0.717, 1.165) is 23.3 Å². The van der Waals surface area contributed by atoms with E-state index in [-0.39, 0.29) is 18.7 Å². The van der Waals surface area contributed by atoms with E-state index in [9.17, 15) is 4.79 Å². The summed E-state index contributed by atoms with van der Waals surface area (Å²) in [4.78, 5) is 13.2. The molecule has 1 rings (SSSR count). The zero-order chi connectivity index (χ0) is 15.8. The smallest absolute Gasteiger partial charge is 0.317 e. The number of likely N-dealkylation sites (N-methyl/N-ethyl adjacent to an activating group) is 1. The second kappa shape index (κ2) is 8.52. The van der Waals surface area contributed by atoms with E-state index in [1.807, 2.05) is 32.0 Å². The van der Waals surface area contributed by atoms with Gasteiger partial charge in [0, 0.05) is 13.6 Å². The molecule has 1 aromatic carbocycles. The summed E-state index contributed by atoms with van der Waals surface area (Å²) in [6.45, 7) is 6.91. The molecule has 0 radical (unpaired) electrons. The summed E-state index contributed by atoms with van der Waals surface area (Å²) < 4.78 is 5.77. The number of rotatable bonds is 7. The standard InChI is InChI=1S/C16H26N2O3/c1-12-7-5-8-13(2)15(12)21-10-6-9-17-16(20)18(4)14(3)11-19/h5,7-8,14,19H,6,9-11H2,1-4H3,(H,17,20). The van der Waals surface area contributed by atoms with E-state index < -0.39 is 0 Å². The Kier molecular flexibility index (Phi) is 7.02.